The molecule has 208 valence electrons. The molecule has 0 spiro atoms. The van der Waals surface area contributed by atoms with Crippen molar-refractivity contribution in [1.82, 2.24) is 30.7 Å². The number of anilines is 2. The largest absolute Gasteiger partial charge is 0.378 e. The van der Waals surface area contributed by atoms with Crippen molar-refractivity contribution >= 4 is 34.5 Å². The van der Waals surface area contributed by atoms with Crippen LogP contribution in [0.25, 0.3) is 22.5 Å². The maximum absolute atomic E-state index is 12.9. The Balaban J connectivity index is 1.46. The number of aromatic nitrogens is 3. The highest BCUT2D eigenvalue weighted by molar-refractivity contribution is 5.90. The molecule has 0 bridgehead atoms. The molecule has 3 aromatic rings. The van der Waals surface area contributed by atoms with Gasteiger partial charge in [0, 0.05) is 50.4 Å². The summed E-state index contributed by atoms with van der Waals surface area (Å²) in [6.45, 7) is 7.71. The van der Waals surface area contributed by atoms with Crippen molar-refractivity contribution in [1.29, 1.82) is 0 Å². The fourth-order valence-corrected chi connectivity index (χ4v) is 4.98. The number of morpholine rings is 1. The highest BCUT2D eigenvalue weighted by Gasteiger charge is 2.35. The number of rotatable bonds is 6. The van der Waals surface area contributed by atoms with Crippen molar-refractivity contribution in [3.8, 4) is 11.4 Å². The van der Waals surface area contributed by atoms with Crippen LogP contribution in [-0.2, 0) is 9.53 Å². The van der Waals surface area contributed by atoms with Crippen LogP contribution < -0.4 is 20.9 Å². The van der Waals surface area contributed by atoms with Crippen molar-refractivity contribution in [3.63, 3.8) is 0 Å². The number of piperidine rings is 1. The molecule has 2 aliphatic heterocycles. The molecule has 3 amide bonds. The van der Waals surface area contributed by atoms with E-state index in [1.807, 2.05) is 50.1 Å². The van der Waals surface area contributed by atoms with Gasteiger partial charge in [0.2, 0.25) is 11.5 Å². The van der Waals surface area contributed by atoms with E-state index in [1.165, 1.54) is 0 Å². The molecule has 0 radical (unpaired) electrons. The van der Waals surface area contributed by atoms with Gasteiger partial charge >= 0.3 is 6.03 Å². The minimum absolute atomic E-state index is 0.0991. The quantitative estimate of drug-likeness (QED) is 0.434. The van der Waals surface area contributed by atoms with Crippen molar-refractivity contribution in [2.75, 3.05) is 63.7 Å². The Hall–Kier alpha value is -3.77. The summed E-state index contributed by atoms with van der Waals surface area (Å²) in [5, 5.41) is 12.9. The van der Waals surface area contributed by atoms with Gasteiger partial charge in [0.1, 0.15) is 11.2 Å². The molecule has 4 heterocycles. The highest BCUT2D eigenvalue weighted by atomic mass is 16.5. The van der Waals surface area contributed by atoms with Gasteiger partial charge in [0.05, 0.1) is 18.8 Å². The first-order chi connectivity index (χ1) is 18.8. The molecule has 2 fully saturated rings. The van der Waals surface area contributed by atoms with Crippen LogP contribution in [0.5, 0.6) is 0 Å². The number of fused-ring (bicyclic) bond motifs is 1. The van der Waals surface area contributed by atoms with E-state index in [0.717, 1.165) is 24.1 Å². The van der Waals surface area contributed by atoms with Crippen LogP contribution >= 0.6 is 0 Å². The Labute approximate surface area is 227 Å². The number of carbonyl (C=O) groups is 2. The van der Waals surface area contributed by atoms with Crippen molar-refractivity contribution in [2.24, 2.45) is 0 Å². The summed E-state index contributed by atoms with van der Waals surface area (Å²) in [4.78, 5) is 38.5. The number of amides is 3. The number of likely N-dealkylation sites (N-methyl/N-ethyl adjacent to an activating group) is 1. The molecule has 5 rings (SSSR count). The van der Waals surface area contributed by atoms with Gasteiger partial charge in [-0.1, -0.05) is 5.16 Å². The van der Waals surface area contributed by atoms with Crippen LogP contribution in [0.4, 0.5) is 16.3 Å². The van der Waals surface area contributed by atoms with E-state index in [0.29, 0.717) is 67.8 Å². The zero-order chi connectivity index (χ0) is 27.6. The van der Waals surface area contributed by atoms with Crippen molar-refractivity contribution in [2.45, 2.75) is 38.1 Å². The molecule has 0 unspecified atom stereocenters. The Kier molecular flexibility index (Phi) is 7.67. The SMILES string of the molecule is CNC(=O)Nc1ccc(-c2nc(N3CCOCC3)c3onc(C4CCN(C(=O)C(C)(C)NC)CC4)c3n2)cc1. The first-order valence-corrected chi connectivity index (χ1v) is 13.4. The summed E-state index contributed by atoms with van der Waals surface area (Å²) < 4.78 is 11.5. The van der Waals surface area contributed by atoms with E-state index in [4.69, 9.17) is 19.2 Å². The van der Waals surface area contributed by atoms with E-state index in [2.05, 4.69) is 26.0 Å². The van der Waals surface area contributed by atoms with Gasteiger partial charge in [-0.05, 0) is 58.0 Å². The maximum Gasteiger partial charge on any atom is 0.318 e. The number of likely N-dealkylation sites (tertiary alicyclic amines) is 1. The van der Waals surface area contributed by atoms with E-state index < -0.39 is 5.54 Å². The third-order valence-electron chi connectivity index (χ3n) is 7.59. The van der Waals surface area contributed by atoms with Crippen LogP contribution in [-0.4, -0.2) is 91.0 Å². The number of nitrogens with zero attached hydrogens (tertiary/aromatic N) is 5. The molecule has 12 heteroatoms. The van der Waals surface area contributed by atoms with E-state index in [-0.39, 0.29) is 17.9 Å². The number of benzene rings is 1. The molecule has 1 aromatic carbocycles. The molecule has 0 saturated carbocycles. The summed E-state index contributed by atoms with van der Waals surface area (Å²) in [5.74, 6) is 1.48. The molecular weight excluding hydrogens is 500 g/mol. The number of ether oxygens (including phenoxy) is 1. The van der Waals surface area contributed by atoms with Crippen LogP contribution in [0.15, 0.2) is 28.8 Å². The Morgan fingerprint density at radius 2 is 1.69 bits per heavy atom. The molecule has 2 aliphatic rings. The molecule has 0 aliphatic carbocycles. The number of hydrogen-bond acceptors (Lipinski definition) is 9. The fourth-order valence-electron chi connectivity index (χ4n) is 4.98. The van der Waals surface area contributed by atoms with Crippen LogP contribution in [0.2, 0.25) is 0 Å². The molecule has 3 N–H and O–H groups in total. The first kappa shape index (κ1) is 26.8. The van der Waals surface area contributed by atoms with Crippen LogP contribution in [0.3, 0.4) is 0 Å². The number of hydrogen-bond donors (Lipinski definition) is 3. The standard InChI is InChI=1S/C27H36N8O4/c1-27(2,29-4)25(36)35-11-9-17(10-12-35)20-21-22(39-33-20)24(34-13-15-38-16-14-34)32-23(31-21)18-5-7-19(8-6-18)30-26(37)28-3/h5-8,17,29H,9-16H2,1-4H3,(H2,28,30,37). The Morgan fingerprint density at radius 1 is 1.00 bits per heavy atom. The van der Waals surface area contributed by atoms with Gasteiger partial charge in [0.25, 0.3) is 0 Å². The van der Waals surface area contributed by atoms with Gasteiger partial charge < -0.3 is 35.0 Å². The highest BCUT2D eigenvalue weighted by Crippen LogP contribution is 2.36. The second kappa shape index (κ2) is 11.1. The minimum atomic E-state index is -0.603. The third-order valence-corrected chi connectivity index (χ3v) is 7.59. The smallest absolute Gasteiger partial charge is 0.318 e. The monoisotopic (exact) mass is 536 g/mol. The minimum Gasteiger partial charge on any atom is -0.378 e. The predicted molar refractivity (Wildman–Crippen MR) is 148 cm³/mol. The summed E-state index contributed by atoms with van der Waals surface area (Å²) in [7, 11) is 3.38. The summed E-state index contributed by atoms with van der Waals surface area (Å²) >= 11 is 0. The third kappa shape index (κ3) is 5.52. The van der Waals surface area contributed by atoms with Gasteiger partial charge in [-0.25, -0.2) is 14.8 Å². The lowest BCUT2D eigenvalue weighted by Gasteiger charge is -2.36. The molecule has 39 heavy (non-hydrogen) atoms. The Morgan fingerprint density at radius 3 is 2.33 bits per heavy atom. The number of nitrogens with one attached hydrogen (secondary N) is 3. The molecule has 12 nitrogen and oxygen atoms in total. The average Bonchev–Trinajstić information content (AvgIpc) is 3.41. The van der Waals surface area contributed by atoms with Gasteiger partial charge in [-0.2, -0.15) is 0 Å². The lowest BCUT2D eigenvalue weighted by Crippen LogP contribution is -2.54. The number of carbonyl (C=O) groups excluding carboxylic acids is 2. The van der Waals surface area contributed by atoms with Crippen molar-refractivity contribution < 1.29 is 18.8 Å². The van der Waals surface area contributed by atoms with E-state index >= 15 is 0 Å². The lowest BCUT2D eigenvalue weighted by molar-refractivity contribution is -0.138. The van der Waals surface area contributed by atoms with Crippen LogP contribution in [0, 0.1) is 0 Å². The predicted octanol–water partition coefficient (Wildman–Crippen LogP) is 2.58. The topological polar surface area (TPSA) is 138 Å². The fraction of sp³-hybridized carbons (Fsp3) is 0.519. The molecule has 0 atom stereocenters. The van der Waals surface area contributed by atoms with Crippen molar-refractivity contribution in [3.05, 3.63) is 30.0 Å². The Bertz CT molecular complexity index is 1330. The van der Waals surface area contributed by atoms with Gasteiger partial charge in [0.15, 0.2) is 11.6 Å². The zero-order valence-electron chi connectivity index (χ0n) is 22.9. The summed E-state index contributed by atoms with van der Waals surface area (Å²) in [6, 6.07) is 7.12. The second-order valence-electron chi connectivity index (χ2n) is 10.4. The average molecular weight is 537 g/mol. The summed E-state index contributed by atoms with van der Waals surface area (Å²) in [6.07, 6.45) is 1.55. The molecule has 2 aromatic heterocycles. The van der Waals surface area contributed by atoms with E-state index in [1.54, 1.807) is 7.05 Å². The lowest BCUT2D eigenvalue weighted by atomic mass is 9.91. The normalized spacial score (nSPS) is 16.9. The zero-order valence-corrected chi connectivity index (χ0v) is 22.9. The maximum atomic E-state index is 12.9. The van der Waals surface area contributed by atoms with Gasteiger partial charge in [-0.15, -0.1) is 0 Å². The molecule has 2 saturated heterocycles. The second-order valence-corrected chi connectivity index (χ2v) is 10.4. The van der Waals surface area contributed by atoms with Crippen LogP contribution in [0.1, 0.15) is 38.3 Å². The molecular formula is C27H36N8O4. The number of urea groups is 1. The first-order valence-electron chi connectivity index (χ1n) is 13.4. The van der Waals surface area contributed by atoms with E-state index in [9.17, 15) is 9.59 Å². The summed E-state index contributed by atoms with van der Waals surface area (Å²) in [5.41, 5.74) is 2.96. The van der Waals surface area contributed by atoms with Gasteiger partial charge in [-0.3, -0.25) is 4.79 Å².